The number of carbonyl (C=O) groups is 4. The van der Waals surface area contributed by atoms with Crippen LogP contribution in [0.4, 0.5) is 17.1 Å². The molecule has 6 rings (SSSR count). The summed E-state index contributed by atoms with van der Waals surface area (Å²) in [5.74, 6) is -1.58. The molecule has 0 aliphatic carbocycles. The van der Waals surface area contributed by atoms with Gasteiger partial charge in [0.25, 0.3) is 5.91 Å². The lowest BCUT2D eigenvalue weighted by Gasteiger charge is -2.28. The van der Waals surface area contributed by atoms with Gasteiger partial charge in [0, 0.05) is 19.8 Å². The number of fused-ring (bicyclic) bond motifs is 1. The summed E-state index contributed by atoms with van der Waals surface area (Å²) >= 11 is 0. The van der Waals surface area contributed by atoms with Gasteiger partial charge in [-0.3, -0.25) is 24.5 Å². The predicted octanol–water partition coefficient (Wildman–Crippen LogP) is 5.89. The van der Waals surface area contributed by atoms with E-state index in [9.17, 15) is 24.3 Å². The van der Waals surface area contributed by atoms with E-state index in [4.69, 9.17) is 5.26 Å². The van der Waals surface area contributed by atoms with Crippen LogP contribution >= 0.6 is 0 Å². The number of rotatable bonds is 9. The molecule has 4 aromatic rings. The lowest BCUT2D eigenvalue weighted by atomic mass is 9.91. The first kappa shape index (κ1) is 33.2. The summed E-state index contributed by atoms with van der Waals surface area (Å²) in [5.41, 5.74) is 5.49. The minimum Gasteiger partial charge on any atom is -0.478 e. The van der Waals surface area contributed by atoms with Gasteiger partial charge in [-0.05, 0) is 76.9 Å². The molecule has 242 valence electrons. The number of aldehydes is 1. The first-order valence-electron chi connectivity index (χ1n) is 14.8. The molecule has 0 radical (unpaired) electrons. The summed E-state index contributed by atoms with van der Waals surface area (Å²) < 4.78 is 0. The van der Waals surface area contributed by atoms with Crippen molar-refractivity contribution in [1.29, 1.82) is 0 Å². The summed E-state index contributed by atoms with van der Waals surface area (Å²) in [7, 11) is 3.99. The fourth-order valence-corrected chi connectivity index (χ4v) is 5.17. The normalized spacial score (nSPS) is 14.0. The maximum Gasteiger partial charge on any atom is 0.335 e. The third kappa shape index (κ3) is 7.28. The van der Waals surface area contributed by atoms with Gasteiger partial charge in [0.2, 0.25) is 5.91 Å². The van der Waals surface area contributed by atoms with E-state index in [1.165, 1.54) is 40.3 Å². The number of allylic oxidation sites excluding steroid dienone is 1. The van der Waals surface area contributed by atoms with E-state index in [1.807, 2.05) is 73.6 Å². The molecule has 2 amide bonds. The molecule has 0 unspecified atom stereocenters. The molecule has 2 heterocycles. The first-order chi connectivity index (χ1) is 23.2. The van der Waals surface area contributed by atoms with Crippen LogP contribution in [-0.4, -0.2) is 54.4 Å². The Kier molecular flexibility index (Phi) is 10.3. The number of aromatic carboxylic acids is 1. The molecule has 0 spiro atoms. The standard InChI is InChI=1S/C26H19N3O6.C11H13NO/c30-22-14-21(17-4-2-1-3-5-17)23-24(28(22)19-12-8-18(9-13-19)26(32)33)27-29(25(23)31)20-10-6-16(7-11-20)15-35-34;1-12(2)11-7-5-10(6-8-11)4-3-9-13/h1-13,34H,14-15H2,(H,32,33);3-9H,1-2H3. The van der Waals surface area contributed by atoms with Gasteiger partial charge in [-0.2, -0.15) is 5.01 Å². The zero-order valence-corrected chi connectivity index (χ0v) is 26.2. The molecule has 48 heavy (non-hydrogen) atoms. The lowest BCUT2D eigenvalue weighted by molar-refractivity contribution is -0.253. The number of carbonyl (C=O) groups excluding carboxylic acids is 3. The molecule has 0 atom stereocenters. The fourth-order valence-electron chi connectivity index (χ4n) is 5.17. The van der Waals surface area contributed by atoms with E-state index in [2.05, 4.69) is 9.99 Å². The number of hydrogen-bond acceptors (Lipinski definition) is 8. The molecule has 0 aromatic heterocycles. The molecule has 2 N–H and O–H groups in total. The second-order valence-electron chi connectivity index (χ2n) is 10.9. The highest BCUT2D eigenvalue weighted by molar-refractivity contribution is 6.44. The van der Waals surface area contributed by atoms with Crippen molar-refractivity contribution in [2.24, 2.45) is 5.10 Å². The van der Waals surface area contributed by atoms with Crippen molar-refractivity contribution in [3.05, 3.63) is 137 Å². The van der Waals surface area contributed by atoms with Crippen molar-refractivity contribution in [1.82, 2.24) is 0 Å². The quantitative estimate of drug-likeness (QED) is 0.0995. The Labute approximate surface area is 276 Å². The van der Waals surface area contributed by atoms with E-state index in [0.717, 1.165) is 23.1 Å². The molecule has 0 fully saturated rings. The molecule has 4 aromatic carbocycles. The maximum atomic E-state index is 13.6. The summed E-state index contributed by atoms with van der Waals surface area (Å²) in [6, 6.07) is 29.8. The highest BCUT2D eigenvalue weighted by Gasteiger charge is 2.43. The first-order valence-corrected chi connectivity index (χ1v) is 14.8. The van der Waals surface area contributed by atoms with Crippen LogP contribution in [0.5, 0.6) is 0 Å². The van der Waals surface area contributed by atoms with Crippen molar-refractivity contribution < 1.29 is 34.4 Å². The summed E-state index contributed by atoms with van der Waals surface area (Å²) in [5, 5.41) is 23.6. The molecule has 0 saturated carbocycles. The average molecular weight is 645 g/mol. The van der Waals surface area contributed by atoms with Gasteiger partial charge in [0.1, 0.15) is 12.9 Å². The maximum absolute atomic E-state index is 13.6. The minimum atomic E-state index is -1.08. The average Bonchev–Trinajstić information content (AvgIpc) is 3.44. The Morgan fingerprint density at radius 2 is 1.54 bits per heavy atom. The lowest BCUT2D eigenvalue weighted by Crippen LogP contribution is -2.41. The Morgan fingerprint density at radius 3 is 2.12 bits per heavy atom. The molecule has 2 aliphatic rings. The highest BCUT2D eigenvalue weighted by Crippen LogP contribution is 2.38. The summed E-state index contributed by atoms with van der Waals surface area (Å²) in [4.78, 5) is 55.8. The van der Waals surface area contributed by atoms with E-state index in [0.29, 0.717) is 28.1 Å². The number of carboxylic acid groups (broad SMARTS) is 1. The van der Waals surface area contributed by atoms with Crippen LogP contribution in [0.25, 0.3) is 11.6 Å². The minimum absolute atomic E-state index is 0.000665. The van der Waals surface area contributed by atoms with Gasteiger partial charge in [-0.1, -0.05) is 60.7 Å². The molecular formula is C37H32N4O7. The van der Waals surface area contributed by atoms with Crippen molar-refractivity contribution in [3.63, 3.8) is 0 Å². The Balaban J connectivity index is 0.000000292. The SMILES string of the molecule is CN(C)c1ccc(C=CC=O)cc1.O=C(O)c1ccc(N2C(=O)CC(c3ccccc3)=C3C(=O)N(c4ccc(COO)cc4)N=C32)cc1. The van der Waals surface area contributed by atoms with Gasteiger partial charge in [0.15, 0.2) is 5.84 Å². The third-order valence-corrected chi connectivity index (χ3v) is 7.60. The van der Waals surface area contributed by atoms with E-state index in [1.54, 1.807) is 30.3 Å². The van der Waals surface area contributed by atoms with E-state index in [-0.39, 0.29) is 36.2 Å². The van der Waals surface area contributed by atoms with Crippen LogP contribution < -0.4 is 14.8 Å². The van der Waals surface area contributed by atoms with Crippen molar-refractivity contribution in [2.45, 2.75) is 13.0 Å². The number of hydrogen-bond donors (Lipinski definition) is 2. The van der Waals surface area contributed by atoms with Gasteiger partial charge >= 0.3 is 5.97 Å². The number of amides is 2. The summed E-state index contributed by atoms with van der Waals surface area (Å²) in [6.07, 6.45) is 4.03. The van der Waals surface area contributed by atoms with Gasteiger partial charge in [-0.25, -0.2) is 9.68 Å². The largest absolute Gasteiger partial charge is 0.478 e. The van der Waals surface area contributed by atoms with Crippen molar-refractivity contribution in [3.8, 4) is 0 Å². The Hall–Kier alpha value is -6.17. The van der Waals surface area contributed by atoms with E-state index >= 15 is 0 Å². The van der Waals surface area contributed by atoms with Gasteiger partial charge in [0.05, 0.1) is 28.9 Å². The summed E-state index contributed by atoms with van der Waals surface area (Å²) in [6.45, 7) is 0.000665. The zero-order chi connectivity index (χ0) is 34.2. The number of nitrogens with zero attached hydrogens (tertiary/aromatic N) is 4. The van der Waals surface area contributed by atoms with Crippen molar-refractivity contribution in [2.75, 3.05) is 28.9 Å². The van der Waals surface area contributed by atoms with Crippen LogP contribution in [-0.2, 0) is 25.9 Å². The number of amidine groups is 1. The van der Waals surface area contributed by atoms with Crippen LogP contribution in [0.15, 0.2) is 120 Å². The number of carboxylic acids is 1. The topological polar surface area (TPSA) is 140 Å². The molecular weight excluding hydrogens is 612 g/mol. The molecule has 0 bridgehead atoms. The molecule has 0 saturated heterocycles. The second kappa shape index (κ2) is 14.9. The molecule has 2 aliphatic heterocycles. The van der Waals surface area contributed by atoms with Crippen LogP contribution in [0, 0.1) is 0 Å². The predicted molar refractivity (Wildman–Crippen MR) is 184 cm³/mol. The number of hydrazone groups is 1. The monoisotopic (exact) mass is 644 g/mol. The smallest absolute Gasteiger partial charge is 0.335 e. The van der Waals surface area contributed by atoms with E-state index < -0.39 is 5.97 Å². The zero-order valence-electron chi connectivity index (χ0n) is 26.2. The second-order valence-corrected chi connectivity index (χ2v) is 10.9. The molecule has 11 heteroatoms. The Morgan fingerprint density at radius 1 is 0.896 bits per heavy atom. The van der Waals surface area contributed by atoms with Gasteiger partial charge in [-0.15, -0.1) is 5.10 Å². The Bertz CT molecular complexity index is 1900. The van der Waals surface area contributed by atoms with Crippen LogP contribution in [0.2, 0.25) is 0 Å². The van der Waals surface area contributed by atoms with Crippen LogP contribution in [0.1, 0.15) is 33.5 Å². The highest BCUT2D eigenvalue weighted by atomic mass is 17.1. The molecule has 11 nitrogen and oxygen atoms in total. The van der Waals surface area contributed by atoms with Crippen LogP contribution in [0.3, 0.4) is 0 Å². The third-order valence-electron chi connectivity index (χ3n) is 7.60. The number of anilines is 3. The van der Waals surface area contributed by atoms with Gasteiger partial charge < -0.3 is 10.0 Å². The number of benzene rings is 4. The fraction of sp³-hybridized carbons (Fsp3) is 0.108. The van der Waals surface area contributed by atoms with Crippen molar-refractivity contribution >= 4 is 58.6 Å².